The second-order valence-electron chi connectivity index (χ2n) is 8.56. The predicted molar refractivity (Wildman–Crippen MR) is 83.9 cm³/mol. The number of carboxylic acids is 1. The van der Waals surface area contributed by atoms with Crippen molar-refractivity contribution < 1.29 is 14.7 Å². The highest BCUT2D eigenvalue weighted by Gasteiger charge is 2.36. The summed E-state index contributed by atoms with van der Waals surface area (Å²) >= 11 is 0. The first-order valence-corrected chi connectivity index (χ1v) is 7.96. The van der Waals surface area contributed by atoms with Gasteiger partial charge in [0.1, 0.15) is 6.04 Å². The molecule has 21 heavy (non-hydrogen) atoms. The third-order valence-electron chi connectivity index (χ3n) is 4.72. The number of hydrogen-bond donors (Lipinski definition) is 2. The Balaban J connectivity index is 2.60. The summed E-state index contributed by atoms with van der Waals surface area (Å²) in [5.74, 6) is -0.434. The van der Waals surface area contributed by atoms with Crippen LogP contribution in [-0.2, 0) is 9.59 Å². The van der Waals surface area contributed by atoms with Crippen LogP contribution in [0.2, 0.25) is 0 Å². The molecule has 0 saturated heterocycles. The van der Waals surface area contributed by atoms with Gasteiger partial charge in [0.05, 0.1) is 0 Å². The van der Waals surface area contributed by atoms with Crippen molar-refractivity contribution >= 4 is 11.9 Å². The predicted octanol–water partition coefficient (Wildman–Crippen LogP) is 3.45. The maximum Gasteiger partial charge on any atom is 0.326 e. The molecule has 2 N–H and O–H groups in total. The van der Waals surface area contributed by atoms with E-state index in [0.717, 1.165) is 25.7 Å². The van der Waals surface area contributed by atoms with Gasteiger partial charge in [-0.25, -0.2) is 4.79 Å². The van der Waals surface area contributed by atoms with Crippen molar-refractivity contribution in [1.82, 2.24) is 5.32 Å². The summed E-state index contributed by atoms with van der Waals surface area (Å²) in [4.78, 5) is 23.7. The normalized spacial score (nSPS) is 25.2. The molecule has 0 aromatic heterocycles. The third kappa shape index (κ3) is 5.01. The number of carboxylic acid groups (broad SMARTS) is 1. The average molecular weight is 297 g/mol. The molecular weight excluding hydrogens is 266 g/mol. The van der Waals surface area contributed by atoms with Gasteiger partial charge < -0.3 is 10.4 Å². The smallest absolute Gasteiger partial charge is 0.326 e. The van der Waals surface area contributed by atoms with Crippen LogP contribution in [0.1, 0.15) is 67.2 Å². The number of carbonyl (C=O) groups is 2. The molecule has 1 aliphatic rings. The molecule has 122 valence electrons. The van der Waals surface area contributed by atoms with Gasteiger partial charge in [0, 0.05) is 5.92 Å². The molecule has 4 nitrogen and oxygen atoms in total. The van der Waals surface area contributed by atoms with Crippen LogP contribution in [-0.4, -0.2) is 23.0 Å². The Morgan fingerprint density at radius 1 is 1.00 bits per heavy atom. The Bertz CT molecular complexity index is 382. The maximum atomic E-state index is 12.3. The Labute approximate surface area is 128 Å². The van der Waals surface area contributed by atoms with Gasteiger partial charge in [-0.3, -0.25) is 4.79 Å². The molecule has 1 fully saturated rings. The minimum atomic E-state index is -0.959. The molecule has 0 radical (unpaired) electrons. The molecule has 1 aliphatic carbocycles. The van der Waals surface area contributed by atoms with Gasteiger partial charge in [0.2, 0.25) is 5.91 Å². The summed E-state index contributed by atoms with van der Waals surface area (Å²) in [6.45, 7) is 12.3. The minimum absolute atomic E-state index is 0.0344. The highest BCUT2D eigenvalue weighted by atomic mass is 16.4. The second-order valence-corrected chi connectivity index (χ2v) is 8.56. The second kappa shape index (κ2) is 6.37. The molecule has 0 heterocycles. The summed E-state index contributed by atoms with van der Waals surface area (Å²) in [6, 6.07) is -0.828. The largest absolute Gasteiger partial charge is 0.480 e. The Kier molecular flexibility index (Phi) is 5.46. The topological polar surface area (TPSA) is 66.4 Å². The molecule has 0 spiro atoms. The first-order valence-electron chi connectivity index (χ1n) is 7.96. The van der Waals surface area contributed by atoms with Gasteiger partial charge in [0.15, 0.2) is 0 Å². The van der Waals surface area contributed by atoms with E-state index < -0.39 is 17.4 Å². The van der Waals surface area contributed by atoms with Gasteiger partial charge >= 0.3 is 5.97 Å². The highest BCUT2D eigenvalue weighted by molar-refractivity contribution is 5.85. The van der Waals surface area contributed by atoms with E-state index in [1.54, 1.807) is 0 Å². The lowest BCUT2D eigenvalue weighted by atomic mass is 9.69. The quantitative estimate of drug-likeness (QED) is 0.838. The van der Waals surface area contributed by atoms with E-state index in [4.69, 9.17) is 0 Å². The van der Waals surface area contributed by atoms with Crippen molar-refractivity contribution in [3.63, 3.8) is 0 Å². The highest BCUT2D eigenvalue weighted by Crippen LogP contribution is 2.39. The van der Waals surface area contributed by atoms with Gasteiger partial charge in [-0.15, -0.1) is 0 Å². The van der Waals surface area contributed by atoms with E-state index in [1.165, 1.54) is 0 Å². The van der Waals surface area contributed by atoms with E-state index in [-0.39, 0.29) is 17.2 Å². The number of hydrogen-bond acceptors (Lipinski definition) is 2. The van der Waals surface area contributed by atoms with Crippen molar-refractivity contribution in [2.24, 2.45) is 22.7 Å². The van der Waals surface area contributed by atoms with Crippen molar-refractivity contribution in [1.29, 1.82) is 0 Å². The van der Waals surface area contributed by atoms with Crippen molar-refractivity contribution in [3.8, 4) is 0 Å². The first kappa shape index (κ1) is 18.0. The molecule has 1 saturated carbocycles. The van der Waals surface area contributed by atoms with Gasteiger partial charge in [-0.05, 0) is 42.4 Å². The van der Waals surface area contributed by atoms with E-state index in [2.05, 4.69) is 26.1 Å². The summed E-state index contributed by atoms with van der Waals surface area (Å²) in [7, 11) is 0. The van der Waals surface area contributed by atoms with Crippen LogP contribution >= 0.6 is 0 Å². The van der Waals surface area contributed by atoms with E-state index >= 15 is 0 Å². The lowest BCUT2D eigenvalue weighted by Crippen LogP contribution is -2.51. The summed E-state index contributed by atoms with van der Waals surface area (Å²) in [5, 5.41) is 12.0. The van der Waals surface area contributed by atoms with E-state index in [1.807, 2.05) is 20.8 Å². The van der Waals surface area contributed by atoms with Crippen molar-refractivity contribution in [2.75, 3.05) is 0 Å². The Morgan fingerprint density at radius 3 is 1.81 bits per heavy atom. The van der Waals surface area contributed by atoms with Crippen LogP contribution in [0.4, 0.5) is 0 Å². The zero-order chi connectivity index (χ0) is 16.4. The van der Waals surface area contributed by atoms with E-state index in [0.29, 0.717) is 5.92 Å². The molecule has 1 rings (SSSR count). The Hall–Kier alpha value is -1.06. The Morgan fingerprint density at radius 2 is 1.48 bits per heavy atom. The summed E-state index contributed by atoms with van der Waals surface area (Å²) in [6.07, 6.45) is 3.83. The standard InChI is InChI=1S/C17H31NO3/c1-16(2,3)12-9-7-11(8-10-12)14(19)18-13(15(20)21)17(4,5)6/h11-13H,7-10H2,1-6H3,(H,18,19)(H,20,21)/t11?,12?,13-/m1/s1. The van der Waals surface area contributed by atoms with Crippen LogP contribution in [0, 0.1) is 22.7 Å². The zero-order valence-corrected chi connectivity index (χ0v) is 14.3. The SMILES string of the molecule is CC(C)(C)C1CCC(C(=O)N[C@H](C(=O)O)C(C)(C)C)CC1. The molecular formula is C17H31NO3. The molecule has 0 unspecified atom stereocenters. The lowest BCUT2D eigenvalue weighted by molar-refractivity contribution is -0.145. The average Bonchev–Trinajstić information content (AvgIpc) is 2.33. The summed E-state index contributed by atoms with van der Waals surface area (Å²) < 4.78 is 0. The molecule has 4 heteroatoms. The van der Waals surface area contributed by atoms with Crippen LogP contribution in [0.5, 0.6) is 0 Å². The van der Waals surface area contributed by atoms with Gasteiger partial charge in [-0.1, -0.05) is 41.5 Å². The minimum Gasteiger partial charge on any atom is -0.480 e. The van der Waals surface area contributed by atoms with Crippen molar-refractivity contribution in [2.45, 2.75) is 73.3 Å². The monoisotopic (exact) mass is 297 g/mol. The number of amides is 1. The van der Waals surface area contributed by atoms with Crippen LogP contribution in [0.3, 0.4) is 0 Å². The molecule has 1 amide bonds. The fourth-order valence-corrected chi connectivity index (χ4v) is 3.13. The van der Waals surface area contributed by atoms with Gasteiger partial charge in [-0.2, -0.15) is 0 Å². The number of nitrogens with one attached hydrogen (secondary N) is 1. The van der Waals surface area contributed by atoms with Crippen LogP contribution in [0.15, 0.2) is 0 Å². The van der Waals surface area contributed by atoms with E-state index in [9.17, 15) is 14.7 Å². The molecule has 0 aliphatic heterocycles. The van der Waals surface area contributed by atoms with Gasteiger partial charge in [0.25, 0.3) is 0 Å². The molecule has 0 bridgehead atoms. The number of aliphatic carboxylic acids is 1. The number of rotatable bonds is 3. The molecule has 0 aromatic carbocycles. The van der Waals surface area contributed by atoms with Crippen LogP contribution < -0.4 is 5.32 Å². The first-order chi connectivity index (χ1) is 9.43. The maximum absolute atomic E-state index is 12.3. The van der Waals surface area contributed by atoms with Crippen molar-refractivity contribution in [3.05, 3.63) is 0 Å². The zero-order valence-electron chi connectivity index (χ0n) is 14.3. The fourth-order valence-electron chi connectivity index (χ4n) is 3.13. The lowest BCUT2D eigenvalue weighted by Gasteiger charge is -2.37. The fraction of sp³-hybridized carbons (Fsp3) is 0.882. The van der Waals surface area contributed by atoms with Crippen LogP contribution in [0.25, 0.3) is 0 Å². The molecule has 1 atom stereocenters. The number of carbonyl (C=O) groups excluding carboxylic acids is 1. The molecule has 0 aromatic rings. The third-order valence-corrected chi connectivity index (χ3v) is 4.72. The summed E-state index contributed by atoms with van der Waals surface area (Å²) in [5.41, 5.74) is -0.194.